The van der Waals surface area contributed by atoms with Crippen LogP contribution >= 0.6 is 0 Å². The van der Waals surface area contributed by atoms with Gasteiger partial charge < -0.3 is 9.64 Å². The van der Waals surface area contributed by atoms with Crippen molar-refractivity contribution in [3.05, 3.63) is 95.6 Å². The lowest BCUT2D eigenvalue weighted by Crippen LogP contribution is -2.32. The lowest BCUT2D eigenvalue weighted by Gasteiger charge is -2.31. The van der Waals surface area contributed by atoms with Crippen LogP contribution in [-0.4, -0.2) is 40.4 Å². The van der Waals surface area contributed by atoms with Gasteiger partial charge in [0.05, 0.1) is 19.2 Å². The molecule has 2 aliphatic rings. The van der Waals surface area contributed by atoms with E-state index in [1.807, 2.05) is 12.1 Å². The highest BCUT2D eigenvalue weighted by Crippen LogP contribution is 2.43. The van der Waals surface area contributed by atoms with Gasteiger partial charge in [-0.1, -0.05) is 18.2 Å². The van der Waals surface area contributed by atoms with Crippen LogP contribution in [-0.2, 0) is 6.42 Å². The van der Waals surface area contributed by atoms with E-state index in [0.29, 0.717) is 23.4 Å². The number of hydrogen-bond acceptors (Lipinski definition) is 6. The van der Waals surface area contributed by atoms with E-state index in [9.17, 15) is 9.18 Å². The summed E-state index contributed by atoms with van der Waals surface area (Å²) < 4.78 is 20.0. The number of piperidine rings is 1. The van der Waals surface area contributed by atoms with Crippen LogP contribution in [0.4, 0.5) is 15.8 Å². The topological polar surface area (TPSA) is 72.6 Å². The first-order chi connectivity index (χ1) is 19.1. The minimum absolute atomic E-state index is 0.103. The van der Waals surface area contributed by atoms with Crippen molar-refractivity contribution < 1.29 is 13.9 Å². The lowest BCUT2D eigenvalue weighted by atomic mass is 9.97. The molecule has 4 aromatic rings. The van der Waals surface area contributed by atoms with Crippen LogP contribution in [0.25, 0.3) is 27.4 Å². The molecule has 0 N–H and O–H groups in total. The molecule has 6 rings (SSSR count). The van der Waals surface area contributed by atoms with Crippen molar-refractivity contribution in [2.75, 3.05) is 18.6 Å². The fourth-order valence-electron chi connectivity index (χ4n) is 5.86. The molecule has 1 saturated heterocycles. The van der Waals surface area contributed by atoms with Gasteiger partial charge in [-0.25, -0.2) is 19.2 Å². The number of carbonyl (C=O) groups excluding carboxylic acids is 1. The van der Waals surface area contributed by atoms with Crippen molar-refractivity contribution >= 4 is 17.2 Å². The maximum absolute atomic E-state index is 14.7. The molecule has 7 nitrogen and oxygen atoms in total. The van der Waals surface area contributed by atoms with Gasteiger partial charge in [0.15, 0.2) is 17.3 Å². The molecule has 39 heavy (non-hydrogen) atoms. The van der Waals surface area contributed by atoms with Crippen molar-refractivity contribution in [2.24, 2.45) is 5.92 Å². The maximum Gasteiger partial charge on any atom is 0.197 e. The highest BCUT2D eigenvalue weighted by atomic mass is 19.1. The Morgan fingerprint density at radius 2 is 2.08 bits per heavy atom. The first kappa shape index (κ1) is 24.7. The maximum atomic E-state index is 14.7. The number of nitrogens with zero attached hydrogens (tertiary/aromatic N) is 5. The van der Waals surface area contributed by atoms with Gasteiger partial charge in [0.1, 0.15) is 17.3 Å². The smallest absolute Gasteiger partial charge is 0.197 e. The molecular weight excluding hydrogens is 493 g/mol. The Hall–Kier alpha value is -4.64. The standard InChI is InChI=1S/C31H26FN5O2/c1-33-25-10-12-34-17-23(25)20-7-8-21(27(15-20)37-18-19-6-9-22(37)14-19)16-28(38)26-11-13-35-31(36-26)30-24(32)4-3-5-29(30)39-2/h3-5,7-8,10-13,15,17,19,22H,6,9,14,16,18H2,2H3/t19-,22+/m0/s1. The van der Waals surface area contributed by atoms with Gasteiger partial charge in [-0.2, -0.15) is 0 Å². The molecule has 2 atom stereocenters. The number of ether oxygens (including phenoxy) is 1. The summed E-state index contributed by atoms with van der Waals surface area (Å²) in [6.45, 7) is 8.53. The van der Waals surface area contributed by atoms with Gasteiger partial charge >= 0.3 is 0 Å². The fraction of sp³-hybridized carbons (Fsp3) is 0.258. The van der Waals surface area contributed by atoms with Crippen LogP contribution in [0, 0.1) is 18.3 Å². The summed E-state index contributed by atoms with van der Waals surface area (Å²) in [6.07, 6.45) is 8.49. The van der Waals surface area contributed by atoms with Gasteiger partial charge in [-0.05, 0) is 66.6 Å². The number of pyridine rings is 1. The van der Waals surface area contributed by atoms with Gasteiger partial charge in [-0.15, -0.1) is 0 Å². The first-order valence-corrected chi connectivity index (χ1v) is 13.0. The molecule has 1 aliphatic carbocycles. The van der Waals surface area contributed by atoms with Crippen LogP contribution in [0.3, 0.4) is 0 Å². The molecule has 2 fully saturated rings. The van der Waals surface area contributed by atoms with Crippen LogP contribution in [0.1, 0.15) is 35.3 Å². The summed E-state index contributed by atoms with van der Waals surface area (Å²) >= 11 is 0. The van der Waals surface area contributed by atoms with E-state index in [4.69, 9.17) is 11.3 Å². The van der Waals surface area contributed by atoms with E-state index in [1.54, 1.807) is 36.7 Å². The minimum Gasteiger partial charge on any atom is -0.496 e. The number of fused-ring (bicyclic) bond motifs is 2. The van der Waals surface area contributed by atoms with E-state index < -0.39 is 5.82 Å². The van der Waals surface area contributed by atoms with Crippen LogP contribution in [0.15, 0.2) is 67.1 Å². The quantitative estimate of drug-likeness (QED) is 0.210. The molecule has 2 aromatic heterocycles. The van der Waals surface area contributed by atoms with Crippen LogP contribution in [0.5, 0.6) is 5.75 Å². The molecule has 2 bridgehead atoms. The van der Waals surface area contributed by atoms with Gasteiger partial charge in [0.25, 0.3) is 0 Å². The SMILES string of the molecule is [C-]#[N+]c1ccncc1-c1ccc(CC(=O)c2ccnc(-c3c(F)cccc3OC)n2)c(N2C[C@H]3CC[C@@H]2C3)c1. The number of methoxy groups -OCH3 is 1. The predicted octanol–water partition coefficient (Wildman–Crippen LogP) is 6.32. The van der Waals surface area contributed by atoms with E-state index in [2.05, 4.69) is 30.8 Å². The molecule has 8 heteroatoms. The summed E-state index contributed by atoms with van der Waals surface area (Å²) in [6, 6.07) is 14.2. The summed E-state index contributed by atoms with van der Waals surface area (Å²) in [5.41, 5.74) is 4.46. The molecule has 1 aliphatic heterocycles. The molecule has 2 aromatic carbocycles. The Morgan fingerprint density at radius 1 is 1.18 bits per heavy atom. The number of Topliss-reactive ketones (excluding diaryl/α,β-unsaturated/α-hetero) is 1. The van der Waals surface area contributed by atoms with Crippen molar-refractivity contribution in [1.29, 1.82) is 0 Å². The Balaban J connectivity index is 1.36. The Labute approximate surface area is 226 Å². The second kappa shape index (κ2) is 10.3. The Morgan fingerprint density at radius 3 is 2.85 bits per heavy atom. The minimum atomic E-state index is -0.518. The zero-order valence-corrected chi connectivity index (χ0v) is 21.5. The van der Waals surface area contributed by atoms with Gasteiger partial charge in [0.2, 0.25) is 0 Å². The lowest BCUT2D eigenvalue weighted by molar-refractivity contribution is 0.0988. The van der Waals surface area contributed by atoms with Crippen LogP contribution in [0.2, 0.25) is 0 Å². The van der Waals surface area contributed by atoms with Crippen molar-refractivity contribution in [2.45, 2.75) is 31.7 Å². The number of aromatic nitrogens is 3. The number of benzene rings is 2. The average molecular weight is 520 g/mol. The molecule has 0 radical (unpaired) electrons. The summed E-state index contributed by atoms with van der Waals surface area (Å²) in [5.74, 6) is 0.368. The largest absolute Gasteiger partial charge is 0.496 e. The van der Waals surface area contributed by atoms with Crippen molar-refractivity contribution in [1.82, 2.24) is 15.0 Å². The zero-order chi connectivity index (χ0) is 26.9. The third-order valence-electron chi connectivity index (χ3n) is 7.74. The normalized spacial score (nSPS) is 17.7. The molecule has 0 spiro atoms. The second-order valence-electron chi connectivity index (χ2n) is 10.0. The molecule has 0 unspecified atom stereocenters. The average Bonchev–Trinajstić information content (AvgIpc) is 3.61. The zero-order valence-electron chi connectivity index (χ0n) is 21.5. The highest BCUT2D eigenvalue weighted by Gasteiger charge is 2.38. The fourth-order valence-corrected chi connectivity index (χ4v) is 5.86. The van der Waals surface area contributed by atoms with Gasteiger partial charge in [-0.3, -0.25) is 9.78 Å². The molecule has 3 heterocycles. The monoisotopic (exact) mass is 519 g/mol. The Bertz CT molecular complexity index is 1620. The van der Waals surface area contributed by atoms with Crippen molar-refractivity contribution in [3.8, 4) is 28.3 Å². The number of halogens is 1. The van der Waals surface area contributed by atoms with E-state index >= 15 is 0 Å². The van der Waals surface area contributed by atoms with Crippen LogP contribution < -0.4 is 9.64 Å². The number of carbonyl (C=O) groups is 1. The molecular formula is C31H26FN5O2. The number of rotatable bonds is 7. The second-order valence-corrected chi connectivity index (χ2v) is 10.0. The predicted molar refractivity (Wildman–Crippen MR) is 146 cm³/mol. The van der Waals surface area contributed by atoms with Gasteiger partial charge in [0, 0.05) is 48.8 Å². The van der Waals surface area contributed by atoms with Crippen molar-refractivity contribution in [3.63, 3.8) is 0 Å². The molecule has 1 saturated carbocycles. The first-order valence-electron chi connectivity index (χ1n) is 13.0. The number of hydrogen-bond donors (Lipinski definition) is 0. The summed E-state index contributed by atoms with van der Waals surface area (Å²) in [5, 5.41) is 0. The van der Waals surface area contributed by atoms with E-state index in [1.165, 1.54) is 25.8 Å². The van der Waals surface area contributed by atoms with E-state index in [0.717, 1.165) is 41.8 Å². The van der Waals surface area contributed by atoms with E-state index in [-0.39, 0.29) is 29.3 Å². The third-order valence-corrected chi connectivity index (χ3v) is 7.74. The highest BCUT2D eigenvalue weighted by molar-refractivity contribution is 5.97. The summed E-state index contributed by atoms with van der Waals surface area (Å²) in [4.78, 5) is 32.5. The Kier molecular flexibility index (Phi) is 6.49. The number of anilines is 1. The summed E-state index contributed by atoms with van der Waals surface area (Å²) in [7, 11) is 1.45. The third kappa shape index (κ3) is 4.61. The number of ketones is 1. The molecule has 194 valence electrons. The molecule has 0 amide bonds.